The zero-order valence-corrected chi connectivity index (χ0v) is 20.4. The van der Waals surface area contributed by atoms with Crippen LogP contribution in [0.15, 0.2) is 67.0 Å². The second-order valence-electron chi connectivity index (χ2n) is 9.58. The Hall–Kier alpha value is -4.66. The number of amides is 1. The van der Waals surface area contributed by atoms with Gasteiger partial charge in [0, 0.05) is 53.0 Å². The Labute approximate surface area is 212 Å². The Kier molecular flexibility index (Phi) is 5.22. The molecule has 184 valence electrons. The van der Waals surface area contributed by atoms with Gasteiger partial charge in [-0.2, -0.15) is 0 Å². The summed E-state index contributed by atoms with van der Waals surface area (Å²) < 4.78 is 21.1. The van der Waals surface area contributed by atoms with Crippen LogP contribution in [0, 0.1) is 5.82 Å². The number of rotatable bonds is 4. The molecule has 2 N–H and O–H groups in total. The molecule has 0 radical (unpaired) electrons. The summed E-state index contributed by atoms with van der Waals surface area (Å²) in [7, 11) is 0. The second kappa shape index (κ2) is 8.48. The minimum atomic E-state index is -0.618. The smallest absolute Gasteiger partial charge is 0.223 e. The first kappa shape index (κ1) is 22.8. The number of carbonyl (C=O) groups is 1. The maximum absolute atomic E-state index is 15.0. The van der Waals surface area contributed by atoms with Crippen molar-refractivity contribution in [2.24, 2.45) is 0 Å². The molecule has 6 rings (SSSR count). The molecule has 1 unspecified atom stereocenters. The van der Waals surface area contributed by atoms with E-state index in [1.807, 2.05) is 56.3 Å². The topological polar surface area (TPSA) is 106 Å². The van der Waals surface area contributed by atoms with Crippen LogP contribution in [0.5, 0.6) is 11.6 Å². The standard InChI is InChI=1S/C28H23FN6O2/c1-15(36)32-17-9-7-16(8-10-17)21-12-11-19-22(18-5-4-6-20(29)23(18)37-26(19)33-21)28(2,3)27-34-24-25(35-27)31-14-13-30-24/h4-14,22H,1-3H3,(H,32,36)(H,30,31,34,35). The van der Waals surface area contributed by atoms with Crippen molar-refractivity contribution in [3.8, 4) is 22.9 Å². The molecule has 2 aromatic carbocycles. The summed E-state index contributed by atoms with van der Waals surface area (Å²) in [5.74, 6) is 0.269. The van der Waals surface area contributed by atoms with Crippen molar-refractivity contribution < 1.29 is 13.9 Å². The molecule has 0 spiro atoms. The number of para-hydroxylation sites is 1. The van der Waals surface area contributed by atoms with Gasteiger partial charge in [0.2, 0.25) is 11.8 Å². The minimum Gasteiger partial charge on any atom is -0.435 e. The van der Waals surface area contributed by atoms with Crippen LogP contribution in [-0.4, -0.2) is 30.8 Å². The highest BCUT2D eigenvalue weighted by Crippen LogP contribution is 2.52. The van der Waals surface area contributed by atoms with Gasteiger partial charge < -0.3 is 15.0 Å². The number of nitrogens with zero attached hydrogens (tertiary/aromatic N) is 4. The summed E-state index contributed by atoms with van der Waals surface area (Å²) in [5, 5.41) is 2.75. The van der Waals surface area contributed by atoms with Crippen molar-refractivity contribution in [3.63, 3.8) is 0 Å². The molecular formula is C28H23FN6O2. The lowest BCUT2D eigenvalue weighted by Crippen LogP contribution is -2.32. The van der Waals surface area contributed by atoms with E-state index in [-0.39, 0.29) is 17.6 Å². The van der Waals surface area contributed by atoms with Crippen LogP contribution >= 0.6 is 0 Å². The Morgan fingerprint density at radius 2 is 1.78 bits per heavy atom. The number of aromatic amines is 1. The number of H-pyrrole nitrogens is 1. The van der Waals surface area contributed by atoms with E-state index < -0.39 is 11.2 Å². The predicted molar refractivity (Wildman–Crippen MR) is 137 cm³/mol. The number of anilines is 1. The first-order valence-corrected chi connectivity index (χ1v) is 11.8. The van der Waals surface area contributed by atoms with Crippen molar-refractivity contribution in [2.45, 2.75) is 32.1 Å². The van der Waals surface area contributed by atoms with Crippen LogP contribution in [0.2, 0.25) is 0 Å². The van der Waals surface area contributed by atoms with Crippen molar-refractivity contribution in [3.05, 3.63) is 89.8 Å². The van der Waals surface area contributed by atoms with Gasteiger partial charge in [-0.05, 0) is 24.3 Å². The predicted octanol–water partition coefficient (Wildman–Crippen LogP) is 5.73. The summed E-state index contributed by atoms with van der Waals surface area (Å²) in [4.78, 5) is 32.8. The lowest BCUT2D eigenvalue weighted by molar-refractivity contribution is -0.114. The van der Waals surface area contributed by atoms with Gasteiger partial charge in [0.15, 0.2) is 22.9 Å². The largest absolute Gasteiger partial charge is 0.435 e. The number of benzene rings is 2. The van der Waals surface area contributed by atoms with Crippen LogP contribution < -0.4 is 10.1 Å². The molecule has 1 aliphatic heterocycles. The van der Waals surface area contributed by atoms with Gasteiger partial charge in [-0.1, -0.05) is 44.2 Å². The Balaban J connectivity index is 1.46. The van der Waals surface area contributed by atoms with E-state index in [4.69, 9.17) is 14.7 Å². The molecule has 3 aromatic heterocycles. The Morgan fingerprint density at radius 1 is 1.00 bits per heavy atom. The van der Waals surface area contributed by atoms with Gasteiger partial charge in [-0.3, -0.25) is 4.79 Å². The van der Waals surface area contributed by atoms with E-state index >= 15 is 4.39 Å². The number of halogens is 1. The maximum atomic E-state index is 15.0. The molecule has 5 aromatic rings. The fourth-order valence-electron chi connectivity index (χ4n) is 4.93. The van der Waals surface area contributed by atoms with Gasteiger partial charge in [-0.15, -0.1) is 0 Å². The monoisotopic (exact) mass is 494 g/mol. The van der Waals surface area contributed by atoms with Gasteiger partial charge in [0.25, 0.3) is 0 Å². The number of nitrogens with one attached hydrogen (secondary N) is 2. The van der Waals surface area contributed by atoms with Gasteiger partial charge in [0.1, 0.15) is 5.82 Å². The lowest BCUT2D eigenvalue weighted by Gasteiger charge is -2.37. The van der Waals surface area contributed by atoms with Crippen molar-refractivity contribution in [1.29, 1.82) is 0 Å². The molecule has 37 heavy (non-hydrogen) atoms. The van der Waals surface area contributed by atoms with E-state index in [2.05, 4.69) is 20.3 Å². The van der Waals surface area contributed by atoms with Gasteiger partial charge in [-0.25, -0.2) is 24.3 Å². The Morgan fingerprint density at radius 3 is 2.54 bits per heavy atom. The average molecular weight is 495 g/mol. The zero-order valence-electron chi connectivity index (χ0n) is 20.4. The van der Waals surface area contributed by atoms with Crippen LogP contribution in [-0.2, 0) is 10.2 Å². The van der Waals surface area contributed by atoms with E-state index in [0.29, 0.717) is 39.9 Å². The molecule has 1 amide bonds. The van der Waals surface area contributed by atoms with Crippen LogP contribution in [0.25, 0.3) is 22.6 Å². The third-order valence-electron chi connectivity index (χ3n) is 6.67. The third kappa shape index (κ3) is 3.88. The van der Waals surface area contributed by atoms with E-state index in [9.17, 15) is 4.79 Å². The maximum Gasteiger partial charge on any atom is 0.223 e. The molecule has 4 heterocycles. The number of carbonyl (C=O) groups excluding carboxylic acids is 1. The summed E-state index contributed by atoms with van der Waals surface area (Å²) in [6.07, 6.45) is 3.21. The summed E-state index contributed by atoms with van der Waals surface area (Å²) in [6.45, 7) is 5.56. The highest BCUT2D eigenvalue weighted by atomic mass is 19.1. The molecule has 0 aliphatic carbocycles. The third-order valence-corrected chi connectivity index (χ3v) is 6.67. The Bertz CT molecular complexity index is 1630. The fourth-order valence-corrected chi connectivity index (χ4v) is 4.93. The van der Waals surface area contributed by atoms with Crippen LogP contribution in [0.1, 0.15) is 43.6 Å². The first-order valence-electron chi connectivity index (χ1n) is 11.8. The molecule has 1 aliphatic rings. The van der Waals surface area contributed by atoms with E-state index in [1.54, 1.807) is 18.5 Å². The van der Waals surface area contributed by atoms with E-state index in [1.165, 1.54) is 13.0 Å². The van der Waals surface area contributed by atoms with Crippen molar-refractivity contribution in [2.75, 3.05) is 5.32 Å². The number of hydrogen-bond acceptors (Lipinski definition) is 6. The van der Waals surface area contributed by atoms with Crippen LogP contribution in [0.4, 0.5) is 10.1 Å². The number of pyridine rings is 1. The molecule has 8 nitrogen and oxygen atoms in total. The SMILES string of the molecule is CC(=O)Nc1ccc(-c2ccc3c(n2)Oc2c(F)cccc2C3C(C)(C)c2nc3nccnc3[nH]2)cc1. The normalized spacial score (nSPS) is 14.5. The number of ether oxygens (including phenoxy) is 1. The molecule has 0 fully saturated rings. The zero-order chi connectivity index (χ0) is 25.7. The van der Waals surface area contributed by atoms with Gasteiger partial charge >= 0.3 is 0 Å². The lowest BCUT2D eigenvalue weighted by atomic mass is 9.69. The van der Waals surface area contributed by atoms with E-state index in [0.717, 1.165) is 11.1 Å². The quantitative estimate of drug-likeness (QED) is 0.331. The van der Waals surface area contributed by atoms with Crippen molar-refractivity contribution >= 4 is 22.9 Å². The first-order chi connectivity index (χ1) is 17.8. The molecule has 1 atom stereocenters. The highest BCUT2D eigenvalue weighted by Gasteiger charge is 2.43. The number of imidazole rings is 1. The summed E-state index contributed by atoms with van der Waals surface area (Å²) in [6, 6.07) is 16.2. The summed E-state index contributed by atoms with van der Waals surface area (Å²) in [5.41, 5.74) is 4.23. The average Bonchev–Trinajstić information content (AvgIpc) is 3.33. The molecular weight excluding hydrogens is 471 g/mol. The molecule has 0 saturated carbocycles. The number of hydrogen-bond donors (Lipinski definition) is 2. The highest BCUT2D eigenvalue weighted by molar-refractivity contribution is 5.88. The molecule has 0 saturated heterocycles. The van der Waals surface area contributed by atoms with Crippen molar-refractivity contribution in [1.82, 2.24) is 24.9 Å². The molecule has 9 heteroatoms. The fraction of sp³-hybridized carbons (Fsp3) is 0.179. The number of aromatic nitrogens is 5. The minimum absolute atomic E-state index is 0.140. The summed E-state index contributed by atoms with van der Waals surface area (Å²) >= 11 is 0. The molecule has 0 bridgehead atoms. The second-order valence-corrected chi connectivity index (χ2v) is 9.58. The van der Waals surface area contributed by atoms with Gasteiger partial charge in [0.05, 0.1) is 5.69 Å². The van der Waals surface area contributed by atoms with Crippen LogP contribution in [0.3, 0.4) is 0 Å². The number of fused-ring (bicyclic) bond motifs is 3.